The number of hydrogen-bond donors (Lipinski definition) is 1. The molecule has 1 rings (SSSR count). The number of alkyl halides is 3. The second kappa shape index (κ2) is 3.84. The van der Waals surface area contributed by atoms with E-state index in [1.54, 1.807) is 0 Å². The number of rotatable bonds is 2. The van der Waals surface area contributed by atoms with Crippen LogP contribution in [0.2, 0.25) is 0 Å². The van der Waals surface area contributed by atoms with Crippen LogP contribution in [0.5, 0.6) is 0 Å². The van der Waals surface area contributed by atoms with Crippen LogP contribution in [-0.4, -0.2) is 31.1 Å². The second-order valence-corrected chi connectivity index (χ2v) is 3.51. The number of aliphatic hydroxyl groups is 1. The van der Waals surface area contributed by atoms with Crippen LogP contribution in [0, 0.1) is 11.8 Å². The van der Waals surface area contributed by atoms with E-state index in [0.29, 0.717) is 6.61 Å². The minimum Gasteiger partial charge on any atom is -0.392 e. The van der Waals surface area contributed by atoms with Crippen molar-refractivity contribution in [2.45, 2.75) is 25.1 Å². The molecule has 0 aromatic heterocycles. The van der Waals surface area contributed by atoms with Gasteiger partial charge in [0.1, 0.15) is 0 Å². The molecular formula is C8H13F3O2. The predicted molar refractivity (Wildman–Crippen MR) is 40.2 cm³/mol. The van der Waals surface area contributed by atoms with Crippen molar-refractivity contribution in [3.05, 3.63) is 0 Å². The molecule has 0 aromatic carbocycles. The van der Waals surface area contributed by atoms with Gasteiger partial charge in [-0.25, -0.2) is 0 Å². The van der Waals surface area contributed by atoms with E-state index in [1.165, 1.54) is 7.11 Å². The molecule has 1 aliphatic carbocycles. The van der Waals surface area contributed by atoms with Gasteiger partial charge in [0.25, 0.3) is 0 Å². The van der Waals surface area contributed by atoms with Crippen molar-refractivity contribution in [1.82, 2.24) is 0 Å². The number of ether oxygens (including phenoxy) is 1. The van der Waals surface area contributed by atoms with Gasteiger partial charge in [-0.1, -0.05) is 0 Å². The normalized spacial score (nSPS) is 35.3. The molecule has 78 valence electrons. The largest absolute Gasteiger partial charge is 0.394 e. The molecule has 0 heterocycles. The van der Waals surface area contributed by atoms with Crippen LogP contribution < -0.4 is 0 Å². The Morgan fingerprint density at radius 1 is 1.38 bits per heavy atom. The lowest BCUT2D eigenvalue weighted by Crippen LogP contribution is -2.29. The van der Waals surface area contributed by atoms with Gasteiger partial charge in [-0.2, -0.15) is 13.2 Å². The highest BCUT2D eigenvalue weighted by atomic mass is 19.4. The van der Waals surface area contributed by atoms with E-state index >= 15 is 0 Å². The van der Waals surface area contributed by atoms with Crippen LogP contribution in [0.25, 0.3) is 0 Å². The Morgan fingerprint density at radius 3 is 2.38 bits per heavy atom. The number of methoxy groups -OCH3 is 1. The average Bonchev–Trinajstić information content (AvgIpc) is 2.30. The third-order valence-electron chi connectivity index (χ3n) is 2.45. The Hall–Kier alpha value is -0.290. The van der Waals surface area contributed by atoms with Crippen LogP contribution in [0.3, 0.4) is 0 Å². The lowest BCUT2D eigenvalue weighted by molar-refractivity contribution is -0.193. The standard InChI is InChI=1S/C8H13F3O2/c1-13-4-5-2-6(7(12)3-5)8(9,10)11/h5-7,12H,2-4H2,1H3. The maximum Gasteiger partial charge on any atom is 0.394 e. The molecule has 1 saturated carbocycles. The van der Waals surface area contributed by atoms with E-state index in [-0.39, 0.29) is 18.8 Å². The van der Waals surface area contributed by atoms with Gasteiger partial charge >= 0.3 is 6.18 Å². The van der Waals surface area contributed by atoms with Crippen LogP contribution >= 0.6 is 0 Å². The first-order chi connectivity index (χ1) is 5.95. The first-order valence-corrected chi connectivity index (χ1v) is 4.19. The third kappa shape index (κ3) is 2.57. The molecule has 1 fully saturated rings. The first kappa shape index (κ1) is 10.8. The summed E-state index contributed by atoms with van der Waals surface area (Å²) in [5.74, 6) is -1.72. The van der Waals surface area contributed by atoms with Crippen molar-refractivity contribution in [2.75, 3.05) is 13.7 Å². The van der Waals surface area contributed by atoms with Crippen molar-refractivity contribution in [2.24, 2.45) is 11.8 Å². The minimum atomic E-state index is -4.28. The summed E-state index contributed by atoms with van der Waals surface area (Å²) in [6.07, 6.45) is -5.35. The highest BCUT2D eigenvalue weighted by Crippen LogP contribution is 2.41. The Balaban J connectivity index is 2.51. The number of hydrogen-bond acceptors (Lipinski definition) is 2. The summed E-state index contributed by atoms with van der Waals surface area (Å²) >= 11 is 0. The van der Waals surface area contributed by atoms with E-state index in [2.05, 4.69) is 0 Å². The van der Waals surface area contributed by atoms with Crippen molar-refractivity contribution >= 4 is 0 Å². The summed E-state index contributed by atoms with van der Waals surface area (Å²) in [5, 5.41) is 9.15. The summed E-state index contributed by atoms with van der Waals surface area (Å²) < 4.78 is 41.4. The van der Waals surface area contributed by atoms with Crippen molar-refractivity contribution in [1.29, 1.82) is 0 Å². The summed E-state index contributed by atoms with van der Waals surface area (Å²) in [4.78, 5) is 0. The maximum atomic E-state index is 12.2. The Bertz CT molecular complexity index is 169. The van der Waals surface area contributed by atoms with Crippen LogP contribution in [0.1, 0.15) is 12.8 Å². The lowest BCUT2D eigenvalue weighted by Gasteiger charge is -2.17. The monoisotopic (exact) mass is 198 g/mol. The molecule has 0 saturated heterocycles. The maximum absolute atomic E-state index is 12.2. The summed E-state index contributed by atoms with van der Waals surface area (Å²) in [5.41, 5.74) is 0. The SMILES string of the molecule is COCC1CC(O)C(C(F)(F)F)C1. The van der Waals surface area contributed by atoms with Crippen LogP contribution in [0.4, 0.5) is 13.2 Å². The highest BCUT2D eigenvalue weighted by Gasteiger charge is 2.49. The van der Waals surface area contributed by atoms with Gasteiger partial charge < -0.3 is 9.84 Å². The molecular weight excluding hydrogens is 185 g/mol. The van der Waals surface area contributed by atoms with E-state index < -0.39 is 18.2 Å². The van der Waals surface area contributed by atoms with Crippen molar-refractivity contribution < 1.29 is 23.0 Å². The predicted octanol–water partition coefficient (Wildman–Crippen LogP) is 1.58. The molecule has 0 aliphatic heterocycles. The molecule has 2 nitrogen and oxygen atoms in total. The summed E-state index contributed by atoms with van der Waals surface area (Å²) in [6, 6.07) is 0. The minimum absolute atomic E-state index is 0.0154. The molecule has 0 aromatic rings. The van der Waals surface area contributed by atoms with Crippen molar-refractivity contribution in [3.63, 3.8) is 0 Å². The summed E-state index contributed by atoms with van der Waals surface area (Å²) in [7, 11) is 1.45. The molecule has 1 N–H and O–H groups in total. The molecule has 0 spiro atoms. The zero-order valence-corrected chi connectivity index (χ0v) is 7.34. The molecule has 1 aliphatic rings. The van der Waals surface area contributed by atoms with Gasteiger partial charge in [-0.15, -0.1) is 0 Å². The highest BCUT2D eigenvalue weighted by molar-refractivity contribution is 4.87. The molecule has 13 heavy (non-hydrogen) atoms. The van der Waals surface area contributed by atoms with Crippen molar-refractivity contribution in [3.8, 4) is 0 Å². The quantitative estimate of drug-likeness (QED) is 0.730. The zero-order valence-electron chi connectivity index (χ0n) is 7.34. The molecule has 0 bridgehead atoms. The fourth-order valence-electron chi connectivity index (χ4n) is 1.84. The van der Waals surface area contributed by atoms with E-state index in [4.69, 9.17) is 9.84 Å². The van der Waals surface area contributed by atoms with Gasteiger partial charge in [0.15, 0.2) is 0 Å². The smallest absolute Gasteiger partial charge is 0.392 e. The molecule has 0 amide bonds. The van der Waals surface area contributed by atoms with Gasteiger partial charge in [-0.05, 0) is 18.8 Å². The fraction of sp³-hybridized carbons (Fsp3) is 1.00. The van der Waals surface area contributed by atoms with Gasteiger partial charge in [0.05, 0.1) is 12.0 Å². The topological polar surface area (TPSA) is 29.5 Å². The summed E-state index contributed by atoms with van der Waals surface area (Å²) in [6.45, 7) is 0.295. The third-order valence-corrected chi connectivity index (χ3v) is 2.45. The molecule has 5 heteroatoms. The first-order valence-electron chi connectivity index (χ1n) is 4.19. The van der Waals surface area contributed by atoms with Gasteiger partial charge in [0, 0.05) is 13.7 Å². The molecule has 3 unspecified atom stereocenters. The second-order valence-electron chi connectivity index (χ2n) is 3.51. The van der Waals surface area contributed by atoms with Gasteiger partial charge in [0.2, 0.25) is 0 Å². The van der Waals surface area contributed by atoms with E-state index in [1.807, 2.05) is 0 Å². The average molecular weight is 198 g/mol. The van der Waals surface area contributed by atoms with E-state index in [0.717, 1.165) is 0 Å². The Kier molecular flexibility index (Phi) is 3.18. The molecule has 3 atom stereocenters. The van der Waals surface area contributed by atoms with Crippen LogP contribution in [-0.2, 0) is 4.74 Å². The Morgan fingerprint density at radius 2 is 2.00 bits per heavy atom. The zero-order chi connectivity index (χ0) is 10.1. The lowest BCUT2D eigenvalue weighted by atomic mass is 10.0. The Labute approximate surface area is 74.7 Å². The van der Waals surface area contributed by atoms with E-state index in [9.17, 15) is 13.2 Å². The molecule has 0 radical (unpaired) electrons. The van der Waals surface area contributed by atoms with Crippen LogP contribution in [0.15, 0.2) is 0 Å². The number of halogens is 3. The fourth-order valence-corrected chi connectivity index (χ4v) is 1.84. The van der Waals surface area contributed by atoms with Gasteiger partial charge in [-0.3, -0.25) is 0 Å². The number of aliphatic hydroxyl groups excluding tert-OH is 1.